The second kappa shape index (κ2) is 6.04. The van der Waals surface area contributed by atoms with Crippen molar-refractivity contribution in [3.63, 3.8) is 0 Å². The number of rotatable bonds is 4. The van der Waals surface area contributed by atoms with Gasteiger partial charge in [-0.25, -0.2) is 0 Å². The molecule has 6 nitrogen and oxygen atoms in total. The Morgan fingerprint density at radius 1 is 1.19 bits per heavy atom. The van der Waals surface area contributed by atoms with E-state index >= 15 is 0 Å². The van der Waals surface area contributed by atoms with E-state index < -0.39 is 0 Å². The number of carbonyl (C=O) groups is 1. The molecule has 0 aliphatic heterocycles. The van der Waals surface area contributed by atoms with Gasteiger partial charge in [-0.3, -0.25) is 4.79 Å². The van der Waals surface area contributed by atoms with Gasteiger partial charge in [0, 0.05) is 23.4 Å². The van der Waals surface area contributed by atoms with E-state index in [1.807, 2.05) is 0 Å². The molecule has 2 rings (SSSR count). The monoisotopic (exact) mass is 288 g/mol. The topological polar surface area (TPSA) is 105 Å². The van der Waals surface area contributed by atoms with E-state index in [1.54, 1.807) is 12.1 Å². The molecule has 0 aliphatic rings. The van der Waals surface area contributed by atoms with Crippen LogP contribution in [0.2, 0.25) is 0 Å². The molecule has 1 amide bonds. The molecule has 110 valence electrons. The van der Waals surface area contributed by atoms with Crippen molar-refractivity contribution >= 4 is 11.6 Å². The van der Waals surface area contributed by atoms with Gasteiger partial charge in [0.15, 0.2) is 11.5 Å². The van der Waals surface area contributed by atoms with Crippen molar-refractivity contribution in [3.8, 4) is 17.2 Å². The smallest absolute Gasteiger partial charge is 0.251 e. The van der Waals surface area contributed by atoms with Gasteiger partial charge in [0.25, 0.3) is 5.91 Å². The molecule has 0 unspecified atom stereocenters. The third-order valence-electron chi connectivity index (χ3n) is 2.98. The van der Waals surface area contributed by atoms with E-state index in [0.29, 0.717) is 17.0 Å². The maximum Gasteiger partial charge on any atom is 0.251 e. The van der Waals surface area contributed by atoms with Crippen LogP contribution in [0.5, 0.6) is 17.2 Å². The van der Waals surface area contributed by atoms with Gasteiger partial charge < -0.3 is 26.0 Å². The van der Waals surface area contributed by atoms with Crippen LogP contribution in [0.4, 0.5) is 5.69 Å². The number of ether oxygens (including phenoxy) is 1. The first kappa shape index (κ1) is 14.5. The summed E-state index contributed by atoms with van der Waals surface area (Å²) < 4.78 is 4.91. The van der Waals surface area contributed by atoms with Crippen LogP contribution in [0.15, 0.2) is 36.4 Å². The summed E-state index contributed by atoms with van der Waals surface area (Å²) in [5.41, 5.74) is 6.93. The molecule has 5 N–H and O–H groups in total. The van der Waals surface area contributed by atoms with E-state index in [4.69, 9.17) is 10.5 Å². The van der Waals surface area contributed by atoms with Gasteiger partial charge in [0.2, 0.25) is 0 Å². The highest BCUT2D eigenvalue weighted by molar-refractivity contribution is 5.94. The number of hydrogen-bond donors (Lipinski definition) is 4. The average Bonchev–Trinajstić information content (AvgIpc) is 2.47. The number of phenols is 2. The van der Waals surface area contributed by atoms with E-state index in [2.05, 4.69) is 5.32 Å². The summed E-state index contributed by atoms with van der Waals surface area (Å²) in [4.78, 5) is 12.0. The number of nitrogens with two attached hydrogens (primary N) is 1. The largest absolute Gasteiger partial charge is 0.508 e. The molecular formula is C15H16N2O4. The Morgan fingerprint density at radius 2 is 1.95 bits per heavy atom. The van der Waals surface area contributed by atoms with Crippen molar-refractivity contribution in [3.05, 3.63) is 47.5 Å². The average molecular weight is 288 g/mol. The van der Waals surface area contributed by atoms with Crippen LogP contribution in [0, 0.1) is 0 Å². The number of methoxy groups -OCH3 is 1. The fraction of sp³-hybridized carbons (Fsp3) is 0.133. The van der Waals surface area contributed by atoms with Crippen LogP contribution in [0.3, 0.4) is 0 Å². The molecule has 0 aromatic heterocycles. The summed E-state index contributed by atoms with van der Waals surface area (Å²) in [6.45, 7) is 0.127. The zero-order valence-electron chi connectivity index (χ0n) is 11.5. The number of phenolic OH excluding ortho intramolecular Hbond substituents is 2. The van der Waals surface area contributed by atoms with Gasteiger partial charge in [-0.15, -0.1) is 0 Å². The van der Waals surface area contributed by atoms with Gasteiger partial charge >= 0.3 is 0 Å². The molecule has 0 aliphatic carbocycles. The molecule has 0 saturated carbocycles. The first-order valence-electron chi connectivity index (χ1n) is 6.24. The SMILES string of the molecule is COc1ccc(C(=O)NCc2cc(N)ccc2O)cc1O. The number of carbonyl (C=O) groups excluding carboxylic acids is 1. The molecule has 0 radical (unpaired) electrons. The first-order chi connectivity index (χ1) is 10.0. The third kappa shape index (κ3) is 3.36. The predicted molar refractivity (Wildman–Crippen MR) is 78.3 cm³/mol. The Kier molecular flexibility index (Phi) is 4.18. The van der Waals surface area contributed by atoms with Crippen molar-refractivity contribution in [1.82, 2.24) is 5.32 Å². The van der Waals surface area contributed by atoms with Gasteiger partial charge in [0.1, 0.15) is 5.75 Å². The van der Waals surface area contributed by atoms with Crippen LogP contribution in [-0.2, 0) is 6.54 Å². The minimum Gasteiger partial charge on any atom is -0.508 e. The minimum atomic E-state index is -0.380. The Labute approximate surface area is 121 Å². The van der Waals surface area contributed by atoms with Crippen molar-refractivity contribution in [2.45, 2.75) is 6.54 Å². The number of amides is 1. The van der Waals surface area contributed by atoms with Crippen LogP contribution < -0.4 is 15.8 Å². The van der Waals surface area contributed by atoms with Crippen LogP contribution >= 0.6 is 0 Å². The second-order valence-electron chi connectivity index (χ2n) is 4.46. The Bertz CT molecular complexity index is 671. The lowest BCUT2D eigenvalue weighted by molar-refractivity contribution is 0.0950. The van der Waals surface area contributed by atoms with E-state index in [0.717, 1.165) is 0 Å². The highest BCUT2D eigenvalue weighted by Gasteiger charge is 2.10. The van der Waals surface area contributed by atoms with Gasteiger partial charge in [-0.2, -0.15) is 0 Å². The highest BCUT2D eigenvalue weighted by atomic mass is 16.5. The van der Waals surface area contributed by atoms with Gasteiger partial charge in [-0.05, 0) is 36.4 Å². The molecule has 0 fully saturated rings. The van der Waals surface area contributed by atoms with Crippen molar-refractivity contribution in [2.75, 3.05) is 12.8 Å². The summed E-state index contributed by atoms with van der Waals surface area (Å²) >= 11 is 0. The van der Waals surface area contributed by atoms with Crippen molar-refractivity contribution in [1.29, 1.82) is 0 Å². The summed E-state index contributed by atoms with van der Waals surface area (Å²) in [5, 5.41) is 22.0. The summed E-state index contributed by atoms with van der Waals surface area (Å²) in [6.07, 6.45) is 0. The normalized spacial score (nSPS) is 10.1. The summed E-state index contributed by atoms with van der Waals surface area (Å²) in [5.74, 6) is -0.145. The zero-order chi connectivity index (χ0) is 15.4. The Balaban J connectivity index is 2.08. The molecular weight excluding hydrogens is 272 g/mol. The summed E-state index contributed by atoms with van der Waals surface area (Å²) in [7, 11) is 1.43. The number of aromatic hydroxyl groups is 2. The molecule has 0 bridgehead atoms. The lowest BCUT2D eigenvalue weighted by Crippen LogP contribution is -2.22. The lowest BCUT2D eigenvalue weighted by Gasteiger charge is -2.09. The van der Waals surface area contributed by atoms with Crippen LogP contribution in [-0.4, -0.2) is 23.2 Å². The molecule has 0 spiro atoms. The van der Waals surface area contributed by atoms with E-state index in [9.17, 15) is 15.0 Å². The molecule has 0 heterocycles. The number of anilines is 1. The summed E-state index contributed by atoms with van der Waals surface area (Å²) in [6, 6.07) is 8.97. The maximum atomic E-state index is 12.0. The van der Waals surface area contributed by atoms with Gasteiger partial charge in [0.05, 0.1) is 7.11 Å². The van der Waals surface area contributed by atoms with Gasteiger partial charge in [-0.1, -0.05) is 0 Å². The third-order valence-corrected chi connectivity index (χ3v) is 2.98. The molecule has 21 heavy (non-hydrogen) atoms. The van der Waals surface area contributed by atoms with E-state index in [1.165, 1.54) is 31.4 Å². The van der Waals surface area contributed by atoms with Crippen molar-refractivity contribution in [2.24, 2.45) is 0 Å². The van der Waals surface area contributed by atoms with Crippen LogP contribution in [0.25, 0.3) is 0 Å². The molecule has 0 atom stereocenters. The minimum absolute atomic E-state index is 0.0575. The van der Waals surface area contributed by atoms with Crippen molar-refractivity contribution < 1.29 is 19.7 Å². The first-order valence-corrected chi connectivity index (χ1v) is 6.24. The highest BCUT2D eigenvalue weighted by Crippen LogP contribution is 2.26. The second-order valence-corrected chi connectivity index (χ2v) is 4.46. The number of nitrogens with one attached hydrogen (secondary N) is 1. The molecule has 2 aromatic rings. The zero-order valence-corrected chi connectivity index (χ0v) is 11.5. The number of benzene rings is 2. The number of hydrogen-bond acceptors (Lipinski definition) is 5. The Hall–Kier alpha value is -2.89. The standard InChI is InChI=1S/C15H16N2O4/c1-21-14-5-2-9(7-13(14)19)15(20)17-8-10-6-11(16)3-4-12(10)18/h2-7,18-19H,8,16H2,1H3,(H,17,20). The predicted octanol–water partition coefficient (Wildman–Crippen LogP) is 1.62. The van der Waals surface area contributed by atoms with E-state index in [-0.39, 0.29) is 29.5 Å². The lowest BCUT2D eigenvalue weighted by atomic mass is 10.1. The van der Waals surface area contributed by atoms with Crippen LogP contribution in [0.1, 0.15) is 15.9 Å². The quantitative estimate of drug-likeness (QED) is 0.505. The maximum absolute atomic E-state index is 12.0. The number of nitrogen functional groups attached to an aromatic ring is 1. The Morgan fingerprint density at radius 3 is 2.62 bits per heavy atom. The molecule has 6 heteroatoms. The fourth-order valence-corrected chi connectivity index (χ4v) is 1.86. The fourth-order valence-electron chi connectivity index (χ4n) is 1.86. The molecule has 0 saturated heterocycles. The molecule has 2 aromatic carbocycles.